The summed E-state index contributed by atoms with van der Waals surface area (Å²) in [6, 6.07) is 23.4. The van der Waals surface area contributed by atoms with Gasteiger partial charge in [-0.3, -0.25) is 14.5 Å². The molecule has 2 aliphatic rings. The Hall–Kier alpha value is -3.44. The monoisotopic (exact) mass is 509 g/mol. The molecule has 1 N–H and O–H groups in total. The average molecular weight is 510 g/mol. The van der Waals surface area contributed by atoms with E-state index in [0.29, 0.717) is 29.8 Å². The van der Waals surface area contributed by atoms with E-state index < -0.39 is 0 Å². The number of nitrogens with zero attached hydrogens (tertiary/aromatic N) is 2. The van der Waals surface area contributed by atoms with Crippen molar-refractivity contribution in [2.24, 2.45) is 0 Å². The standard InChI is InChI=1S/C33H39N3O2/c1-23(2)36(29-12-8-5-9-13-29)22-27-20-26(15-18-30(27)24-10-6-4-7-11-24)33(38)34-28-17-14-25-16-19-32(37)35(3)31(25)21-28/h4,6-7,10-11,14-15,17-18,20-21,23,29H,5,8-9,12-13,16,19,22H2,1-3H3,(H,34,38). The lowest BCUT2D eigenvalue weighted by atomic mass is 9.91. The Bertz CT molecular complexity index is 1290. The summed E-state index contributed by atoms with van der Waals surface area (Å²) in [6.45, 7) is 5.38. The first-order valence-electron chi connectivity index (χ1n) is 14.1. The summed E-state index contributed by atoms with van der Waals surface area (Å²) in [7, 11) is 1.80. The van der Waals surface area contributed by atoms with Crippen molar-refractivity contribution in [1.82, 2.24) is 4.90 Å². The van der Waals surface area contributed by atoms with Crippen LogP contribution in [0.15, 0.2) is 66.7 Å². The topological polar surface area (TPSA) is 52.7 Å². The molecule has 0 spiro atoms. The maximum atomic E-state index is 13.4. The highest BCUT2D eigenvalue weighted by molar-refractivity contribution is 6.05. The molecule has 0 aromatic heterocycles. The predicted octanol–water partition coefficient (Wildman–Crippen LogP) is 7.06. The molecule has 198 valence electrons. The van der Waals surface area contributed by atoms with Crippen molar-refractivity contribution in [3.05, 3.63) is 83.4 Å². The van der Waals surface area contributed by atoms with Gasteiger partial charge in [-0.1, -0.05) is 61.7 Å². The van der Waals surface area contributed by atoms with Crippen LogP contribution in [-0.4, -0.2) is 35.8 Å². The van der Waals surface area contributed by atoms with Crippen LogP contribution in [0.2, 0.25) is 0 Å². The summed E-state index contributed by atoms with van der Waals surface area (Å²) in [5, 5.41) is 3.08. The Morgan fingerprint density at radius 3 is 2.47 bits per heavy atom. The van der Waals surface area contributed by atoms with Gasteiger partial charge in [0.05, 0.1) is 0 Å². The van der Waals surface area contributed by atoms with Crippen molar-refractivity contribution < 1.29 is 9.59 Å². The van der Waals surface area contributed by atoms with Crippen molar-refractivity contribution in [3.63, 3.8) is 0 Å². The summed E-state index contributed by atoms with van der Waals surface area (Å²) in [4.78, 5) is 29.9. The van der Waals surface area contributed by atoms with E-state index in [1.165, 1.54) is 48.8 Å². The highest BCUT2D eigenvalue weighted by Gasteiger charge is 2.25. The van der Waals surface area contributed by atoms with E-state index in [1.54, 1.807) is 11.9 Å². The molecule has 5 nitrogen and oxygen atoms in total. The molecule has 0 atom stereocenters. The molecule has 0 bridgehead atoms. The summed E-state index contributed by atoms with van der Waals surface area (Å²) < 4.78 is 0. The Morgan fingerprint density at radius 2 is 1.74 bits per heavy atom. The highest BCUT2D eigenvalue weighted by atomic mass is 16.2. The first kappa shape index (κ1) is 26.2. The predicted molar refractivity (Wildman–Crippen MR) is 156 cm³/mol. The second-order valence-electron chi connectivity index (χ2n) is 11.0. The number of anilines is 2. The first-order valence-corrected chi connectivity index (χ1v) is 14.1. The number of aryl methyl sites for hydroxylation is 1. The highest BCUT2D eigenvalue weighted by Crippen LogP contribution is 2.32. The number of carbonyl (C=O) groups is 2. The molecule has 3 aromatic carbocycles. The van der Waals surface area contributed by atoms with Gasteiger partial charge in [0, 0.05) is 49.0 Å². The molecular weight excluding hydrogens is 470 g/mol. The van der Waals surface area contributed by atoms with E-state index in [2.05, 4.69) is 60.5 Å². The van der Waals surface area contributed by atoms with Crippen molar-refractivity contribution in [2.45, 2.75) is 77.4 Å². The summed E-state index contributed by atoms with van der Waals surface area (Å²) in [5.74, 6) is -0.0286. The summed E-state index contributed by atoms with van der Waals surface area (Å²) in [6.07, 6.45) is 7.68. The van der Waals surface area contributed by atoms with E-state index in [0.717, 1.165) is 24.2 Å². The number of carbonyl (C=O) groups excluding carboxylic acids is 2. The molecule has 1 heterocycles. The van der Waals surface area contributed by atoms with Gasteiger partial charge in [-0.25, -0.2) is 0 Å². The van der Waals surface area contributed by atoms with Gasteiger partial charge in [0.1, 0.15) is 0 Å². The summed E-state index contributed by atoms with van der Waals surface area (Å²) >= 11 is 0. The molecule has 5 heteroatoms. The van der Waals surface area contributed by atoms with Crippen LogP contribution in [0, 0.1) is 0 Å². The van der Waals surface area contributed by atoms with Crippen LogP contribution < -0.4 is 10.2 Å². The first-order chi connectivity index (χ1) is 18.4. The Morgan fingerprint density at radius 1 is 0.974 bits per heavy atom. The largest absolute Gasteiger partial charge is 0.322 e. The van der Waals surface area contributed by atoms with Gasteiger partial charge in [-0.05, 0) is 79.6 Å². The second-order valence-corrected chi connectivity index (χ2v) is 11.0. The number of amides is 2. The van der Waals surface area contributed by atoms with Gasteiger partial charge in [0.25, 0.3) is 5.91 Å². The van der Waals surface area contributed by atoms with Crippen LogP contribution in [0.1, 0.15) is 73.9 Å². The Kier molecular flexibility index (Phi) is 7.94. The second kappa shape index (κ2) is 11.5. The lowest BCUT2D eigenvalue weighted by molar-refractivity contribution is -0.118. The maximum Gasteiger partial charge on any atom is 0.255 e. The molecular formula is C33H39N3O2. The number of fused-ring (bicyclic) bond motifs is 1. The van der Waals surface area contributed by atoms with E-state index in [9.17, 15) is 9.59 Å². The molecule has 0 unspecified atom stereocenters. The zero-order valence-corrected chi connectivity index (χ0v) is 22.9. The van der Waals surface area contributed by atoms with Crippen LogP contribution >= 0.6 is 0 Å². The van der Waals surface area contributed by atoms with Crippen molar-refractivity contribution >= 4 is 23.2 Å². The molecule has 1 aliphatic heterocycles. The minimum atomic E-state index is -0.135. The molecule has 5 rings (SSSR count). The lowest BCUT2D eigenvalue weighted by Crippen LogP contribution is -2.41. The molecule has 1 saturated carbocycles. The fourth-order valence-electron chi connectivity index (χ4n) is 6.02. The van der Waals surface area contributed by atoms with Crippen LogP contribution in [0.3, 0.4) is 0 Å². The number of nitrogens with one attached hydrogen (secondary N) is 1. The third-order valence-corrected chi connectivity index (χ3v) is 8.20. The van der Waals surface area contributed by atoms with Crippen molar-refractivity contribution in [1.29, 1.82) is 0 Å². The molecule has 2 amide bonds. The third-order valence-electron chi connectivity index (χ3n) is 8.20. The van der Waals surface area contributed by atoms with Gasteiger partial charge in [-0.15, -0.1) is 0 Å². The van der Waals surface area contributed by atoms with Crippen LogP contribution in [0.5, 0.6) is 0 Å². The van der Waals surface area contributed by atoms with Crippen molar-refractivity contribution in [2.75, 3.05) is 17.3 Å². The SMILES string of the molecule is CC(C)N(Cc1cc(C(=O)Nc2ccc3c(c2)N(C)C(=O)CC3)ccc1-c1ccccc1)C1CCCCC1. The fourth-order valence-corrected chi connectivity index (χ4v) is 6.02. The summed E-state index contributed by atoms with van der Waals surface area (Å²) in [5.41, 5.74) is 6.89. The number of hydrogen-bond donors (Lipinski definition) is 1. The number of hydrogen-bond acceptors (Lipinski definition) is 3. The minimum Gasteiger partial charge on any atom is -0.322 e. The van der Waals surface area contributed by atoms with E-state index in [1.807, 2.05) is 30.3 Å². The fraction of sp³-hybridized carbons (Fsp3) is 0.394. The van der Waals surface area contributed by atoms with E-state index >= 15 is 0 Å². The quantitative estimate of drug-likeness (QED) is 0.371. The Balaban J connectivity index is 1.44. The van der Waals surface area contributed by atoms with Gasteiger partial charge in [0.2, 0.25) is 5.91 Å². The van der Waals surface area contributed by atoms with Crippen molar-refractivity contribution in [3.8, 4) is 11.1 Å². The number of rotatable bonds is 7. The third kappa shape index (κ3) is 5.68. The minimum absolute atomic E-state index is 0.106. The molecule has 1 aliphatic carbocycles. The van der Waals surface area contributed by atoms with Gasteiger partial charge < -0.3 is 10.2 Å². The smallest absolute Gasteiger partial charge is 0.255 e. The normalized spacial score (nSPS) is 16.1. The maximum absolute atomic E-state index is 13.4. The molecule has 3 aromatic rings. The van der Waals surface area contributed by atoms with E-state index in [4.69, 9.17) is 0 Å². The zero-order chi connectivity index (χ0) is 26.6. The molecule has 0 radical (unpaired) electrons. The molecule has 1 fully saturated rings. The van der Waals surface area contributed by atoms with Gasteiger partial charge in [0.15, 0.2) is 0 Å². The van der Waals surface area contributed by atoms with Crippen LogP contribution in [0.4, 0.5) is 11.4 Å². The Labute approximate surface area is 226 Å². The van der Waals surface area contributed by atoms with Gasteiger partial charge in [-0.2, -0.15) is 0 Å². The number of benzene rings is 3. The lowest BCUT2D eigenvalue weighted by Gasteiger charge is -2.38. The molecule has 0 saturated heterocycles. The van der Waals surface area contributed by atoms with Crippen LogP contribution in [0.25, 0.3) is 11.1 Å². The van der Waals surface area contributed by atoms with Crippen LogP contribution in [-0.2, 0) is 17.8 Å². The zero-order valence-electron chi connectivity index (χ0n) is 22.9. The average Bonchev–Trinajstić information content (AvgIpc) is 2.94. The van der Waals surface area contributed by atoms with E-state index in [-0.39, 0.29) is 11.8 Å². The molecule has 38 heavy (non-hydrogen) atoms. The van der Waals surface area contributed by atoms with Gasteiger partial charge >= 0.3 is 0 Å².